The van der Waals surface area contributed by atoms with Crippen molar-refractivity contribution >= 4 is 15.9 Å². The Labute approximate surface area is 118 Å². The molecule has 0 spiro atoms. The van der Waals surface area contributed by atoms with Crippen molar-refractivity contribution in [1.82, 2.24) is 5.32 Å². The molecule has 0 unspecified atom stereocenters. The number of nitrogens with two attached hydrogens (primary N) is 1. The first kappa shape index (κ1) is 14.0. The second-order valence-electron chi connectivity index (χ2n) is 5.36. The molecule has 1 aliphatic rings. The zero-order chi connectivity index (χ0) is 12.8. The summed E-state index contributed by atoms with van der Waals surface area (Å²) in [6.45, 7) is 2.22. The number of rotatable bonds is 5. The molecule has 0 heterocycles. The van der Waals surface area contributed by atoms with Crippen LogP contribution in [0.3, 0.4) is 0 Å². The first-order chi connectivity index (χ1) is 8.74. The molecule has 18 heavy (non-hydrogen) atoms. The van der Waals surface area contributed by atoms with E-state index in [1.54, 1.807) is 0 Å². The third kappa shape index (κ3) is 4.71. The van der Waals surface area contributed by atoms with Crippen LogP contribution in [0.1, 0.15) is 31.2 Å². The Hall–Kier alpha value is -0.380. The van der Waals surface area contributed by atoms with Crippen molar-refractivity contribution in [3.63, 3.8) is 0 Å². The van der Waals surface area contributed by atoms with E-state index in [1.807, 2.05) is 0 Å². The lowest BCUT2D eigenvalue weighted by molar-refractivity contribution is 0.315. The van der Waals surface area contributed by atoms with E-state index < -0.39 is 0 Å². The van der Waals surface area contributed by atoms with Crippen molar-refractivity contribution in [3.8, 4) is 0 Å². The van der Waals surface area contributed by atoms with E-state index in [2.05, 4.69) is 45.5 Å². The highest BCUT2D eigenvalue weighted by Gasteiger charge is 2.17. The fourth-order valence-corrected chi connectivity index (χ4v) is 3.07. The van der Waals surface area contributed by atoms with Crippen LogP contribution >= 0.6 is 15.9 Å². The predicted molar refractivity (Wildman–Crippen MR) is 80.6 cm³/mol. The summed E-state index contributed by atoms with van der Waals surface area (Å²) in [5, 5.41) is 3.58. The monoisotopic (exact) mass is 310 g/mol. The van der Waals surface area contributed by atoms with Crippen LogP contribution in [0, 0.1) is 5.92 Å². The van der Waals surface area contributed by atoms with Gasteiger partial charge in [-0.2, -0.15) is 0 Å². The van der Waals surface area contributed by atoms with E-state index in [-0.39, 0.29) is 0 Å². The van der Waals surface area contributed by atoms with E-state index >= 15 is 0 Å². The van der Waals surface area contributed by atoms with Gasteiger partial charge in [-0.3, -0.25) is 0 Å². The molecule has 0 amide bonds. The Kier molecular flexibility index (Phi) is 5.67. The summed E-state index contributed by atoms with van der Waals surface area (Å²) in [5.74, 6) is 0.840. The number of nitrogens with one attached hydrogen (secondary N) is 1. The molecule has 100 valence electrons. The third-order valence-electron chi connectivity index (χ3n) is 3.80. The fourth-order valence-electron chi connectivity index (χ4n) is 2.62. The standard InChI is InChI=1S/C15H23BrN2/c16-14-3-1-2-12(10-14)8-9-18-11-13-4-6-15(17)7-5-13/h1-3,10,13,15,18H,4-9,11,17H2. The summed E-state index contributed by atoms with van der Waals surface area (Å²) >= 11 is 3.51. The summed E-state index contributed by atoms with van der Waals surface area (Å²) < 4.78 is 1.17. The molecule has 1 aromatic carbocycles. The molecule has 0 aliphatic heterocycles. The average molecular weight is 311 g/mol. The van der Waals surface area contributed by atoms with Crippen LogP contribution < -0.4 is 11.1 Å². The van der Waals surface area contributed by atoms with E-state index in [4.69, 9.17) is 5.73 Å². The first-order valence-electron chi connectivity index (χ1n) is 6.95. The number of benzene rings is 1. The molecule has 0 saturated heterocycles. The van der Waals surface area contributed by atoms with Gasteiger partial charge in [0.15, 0.2) is 0 Å². The molecular weight excluding hydrogens is 288 g/mol. The van der Waals surface area contributed by atoms with Gasteiger partial charge in [0.1, 0.15) is 0 Å². The quantitative estimate of drug-likeness (QED) is 0.820. The van der Waals surface area contributed by atoms with Gasteiger partial charge < -0.3 is 11.1 Å². The molecule has 1 aromatic rings. The van der Waals surface area contributed by atoms with Gasteiger partial charge in [-0.05, 0) is 68.8 Å². The van der Waals surface area contributed by atoms with Gasteiger partial charge in [0.05, 0.1) is 0 Å². The van der Waals surface area contributed by atoms with Crippen molar-refractivity contribution in [3.05, 3.63) is 34.3 Å². The molecule has 0 radical (unpaired) electrons. The van der Waals surface area contributed by atoms with Crippen LogP contribution in [-0.4, -0.2) is 19.1 Å². The highest BCUT2D eigenvalue weighted by atomic mass is 79.9. The molecule has 1 fully saturated rings. The third-order valence-corrected chi connectivity index (χ3v) is 4.30. The Morgan fingerprint density at radius 2 is 2.00 bits per heavy atom. The maximum atomic E-state index is 5.92. The second kappa shape index (κ2) is 7.27. The Bertz CT molecular complexity index is 359. The van der Waals surface area contributed by atoms with Crippen LogP contribution in [0.15, 0.2) is 28.7 Å². The summed E-state index contributed by atoms with van der Waals surface area (Å²) in [7, 11) is 0. The van der Waals surface area contributed by atoms with Gasteiger partial charge in [0.2, 0.25) is 0 Å². The van der Waals surface area contributed by atoms with Crippen molar-refractivity contribution < 1.29 is 0 Å². The lowest BCUT2D eigenvalue weighted by Gasteiger charge is -2.26. The number of hydrogen-bond donors (Lipinski definition) is 2. The lowest BCUT2D eigenvalue weighted by Crippen LogP contribution is -2.32. The first-order valence-corrected chi connectivity index (χ1v) is 7.74. The van der Waals surface area contributed by atoms with E-state index in [0.717, 1.165) is 25.4 Å². The molecular formula is C15H23BrN2. The Morgan fingerprint density at radius 3 is 2.72 bits per heavy atom. The minimum Gasteiger partial charge on any atom is -0.328 e. The maximum absolute atomic E-state index is 5.92. The van der Waals surface area contributed by atoms with Crippen molar-refractivity contribution in [2.24, 2.45) is 11.7 Å². The van der Waals surface area contributed by atoms with E-state index in [0.29, 0.717) is 6.04 Å². The van der Waals surface area contributed by atoms with Crippen LogP contribution in [0.5, 0.6) is 0 Å². The molecule has 3 N–H and O–H groups in total. The number of hydrogen-bond acceptors (Lipinski definition) is 2. The topological polar surface area (TPSA) is 38.0 Å². The van der Waals surface area contributed by atoms with Gasteiger partial charge in [-0.15, -0.1) is 0 Å². The minimum absolute atomic E-state index is 0.461. The summed E-state index contributed by atoms with van der Waals surface area (Å²) in [5.41, 5.74) is 7.31. The molecule has 0 bridgehead atoms. The van der Waals surface area contributed by atoms with E-state index in [9.17, 15) is 0 Å². The maximum Gasteiger partial charge on any atom is 0.0178 e. The number of halogens is 1. The van der Waals surface area contributed by atoms with Crippen LogP contribution in [0.4, 0.5) is 0 Å². The second-order valence-corrected chi connectivity index (χ2v) is 6.28. The zero-order valence-electron chi connectivity index (χ0n) is 10.9. The highest BCUT2D eigenvalue weighted by Crippen LogP contribution is 2.22. The van der Waals surface area contributed by atoms with E-state index in [1.165, 1.54) is 35.7 Å². The van der Waals surface area contributed by atoms with Crippen LogP contribution in [0.2, 0.25) is 0 Å². The van der Waals surface area contributed by atoms with Gasteiger partial charge in [0.25, 0.3) is 0 Å². The predicted octanol–water partition coefficient (Wildman–Crippen LogP) is 3.10. The molecule has 2 rings (SSSR count). The molecule has 1 aliphatic carbocycles. The average Bonchev–Trinajstić information content (AvgIpc) is 2.37. The summed E-state index contributed by atoms with van der Waals surface area (Å²) in [6, 6.07) is 9.01. The SMILES string of the molecule is NC1CCC(CNCCc2cccc(Br)c2)CC1. The van der Waals surface area contributed by atoms with Gasteiger partial charge in [-0.25, -0.2) is 0 Å². The largest absolute Gasteiger partial charge is 0.328 e. The van der Waals surface area contributed by atoms with Gasteiger partial charge in [0, 0.05) is 10.5 Å². The van der Waals surface area contributed by atoms with Crippen molar-refractivity contribution in [1.29, 1.82) is 0 Å². The molecule has 1 saturated carbocycles. The molecule has 3 heteroatoms. The Morgan fingerprint density at radius 1 is 1.22 bits per heavy atom. The lowest BCUT2D eigenvalue weighted by atomic mass is 9.86. The van der Waals surface area contributed by atoms with Crippen molar-refractivity contribution in [2.75, 3.05) is 13.1 Å². The fraction of sp³-hybridized carbons (Fsp3) is 0.600. The molecule has 2 nitrogen and oxygen atoms in total. The Balaban J connectivity index is 1.61. The minimum atomic E-state index is 0.461. The van der Waals surface area contributed by atoms with Crippen molar-refractivity contribution in [2.45, 2.75) is 38.1 Å². The zero-order valence-corrected chi connectivity index (χ0v) is 12.5. The highest BCUT2D eigenvalue weighted by molar-refractivity contribution is 9.10. The van der Waals surface area contributed by atoms with Gasteiger partial charge in [-0.1, -0.05) is 28.1 Å². The van der Waals surface area contributed by atoms with Gasteiger partial charge >= 0.3 is 0 Å². The smallest absolute Gasteiger partial charge is 0.0178 e. The van der Waals surface area contributed by atoms with Crippen LogP contribution in [-0.2, 0) is 6.42 Å². The summed E-state index contributed by atoms with van der Waals surface area (Å²) in [6.07, 6.45) is 6.11. The normalized spacial score (nSPS) is 24.1. The molecule has 0 aromatic heterocycles. The summed E-state index contributed by atoms with van der Waals surface area (Å²) in [4.78, 5) is 0. The van der Waals surface area contributed by atoms with Crippen LogP contribution in [0.25, 0.3) is 0 Å². The molecule has 0 atom stereocenters.